The van der Waals surface area contributed by atoms with Crippen molar-refractivity contribution in [2.75, 3.05) is 13.1 Å². The third-order valence-corrected chi connectivity index (χ3v) is 5.84. The lowest BCUT2D eigenvalue weighted by Gasteiger charge is -2.30. The van der Waals surface area contributed by atoms with Crippen molar-refractivity contribution in [2.45, 2.75) is 50.5 Å². The van der Waals surface area contributed by atoms with Crippen molar-refractivity contribution >= 4 is 23.4 Å². The molecule has 2 fully saturated rings. The van der Waals surface area contributed by atoms with Crippen molar-refractivity contribution < 1.29 is 14.0 Å². The lowest BCUT2D eigenvalue weighted by molar-refractivity contribution is -0.140. The van der Waals surface area contributed by atoms with Crippen molar-refractivity contribution in [2.24, 2.45) is 0 Å². The smallest absolute Gasteiger partial charge is 0.243 e. The maximum atomic E-state index is 14.1. The Morgan fingerprint density at radius 3 is 2.93 bits per heavy atom. The minimum Gasteiger partial charge on any atom is -0.350 e. The minimum absolute atomic E-state index is 0.00969. The number of benzene rings is 1. The maximum absolute atomic E-state index is 14.1. The van der Waals surface area contributed by atoms with Gasteiger partial charge in [-0.3, -0.25) is 9.59 Å². The van der Waals surface area contributed by atoms with Gasteiger partial charge in [0.1, 0.15) is 24.9 Å². The summed E-state index contributed by atoms with van der Waals surface area (Å²) in [4.78, 5) is 31.1. The van der Waals surface area contributed by atoms with Crippen LogP contribution in [0.2, 0.25) is 5.02 Å². The van der Waals surface area contributed by atoms with E-state index in [4.69, 9.17) is 11.6 Å². The number of nitrogens with one attached hydrogen (secondary N) is 2. The summed E-state index contributed by atoms with van der Waals surface area (Å²) >= 11 is 6.12. The quantitative estimate of drug-likeness (QED) is 0.746. The summed E-state index contributed by atoms with van der Waals surface area (Å²) in [5, 5.41) is 10.7. The van der Waals surface area contributed by atoms with Gasteiger partial charge in [0.05, 0.1) is 18.3 Å². The molecule has 3 heterocycles. The summed E-state index contributed by atoms with van der Waals surface area (Å²) in [6.07, 6.45) is 4.46. The van der Waals surface area contributed by atoms with E-state index in [1.807, 2.05) is 0 Å². The molecular weight excluding hydrogens is 411 g/mol. The number of carbonyl (C=O) groups is 2. The van der Waals surface area contributed by atoms with Gasteiger partial charge in [0.25, 0.3) is 0 Å². The highest BCUT2D eigenvalue weighted by atomic mass is 35.5. The number of piperidine rings is 1. The molecule has 0 bridgehead atoms. The molecule has 10 heteroatoms. The highest BCUT2D eigenvalue weighted by Crippen LogP contribution is 2.24. The molecule has 0 spiro atoms. The second-order valence-corrected chi connectivity index (χ2v) is 8.11. The monoisotopic (exact) mass is 434 g/mol. The van der Waals surface area contributed by atoms with E-state index in [0.29, 0.717) is 11.4 Å². The second kappa shape index (κ2) is 9.09. The highest BCUT2D eigenvalue weighted by Gasteiger charge is 2.41. The molecule has 2 aliphatic rings. The van der Waals surface area contributed by atoms with E-state index in [0.717, 1.165) is 30.6 Å². The Kier molecular flexibility index (Phi) is 6.29. The number of rotatable bonds is 5. The third kappa shape index (κ3) is 4.46. The average molecular weight is 435 g/mol. The Morgan fingerprint density at radius 1 is 1.33 bits per heavy atom. The van der Waals surface area contributed by atoms with Gasteiger partial charge in [-0.15, -0.1) is 0 Å². The number of carbonyl (C=O) groups excluding carboxylic acids is 2. The molecule has 160 valence electrons. The Balaban J connectivity index is 1.45. The van der Waals surface area contributed by atoms with Crippen LogP contribution in [0.15, 0.2) is 30.9 Å². The fourth-order valence-corrected chi connectivity index (χ4v) is 4.29. The van der Waals surface area contributed by atoms with Crippen molar-refractivity contribution in [3.05, 3.63) is 41.4 Å². The molecule has 1 aromatic carbocycles. The largest absolute Gasteiger partial charge is 0.350 e. The zero-order valence-corrected chi connectivity index (χ0v) is 17.2. The molecule has 8 nitrogen and oxygen atoms in total. The first kappa shape index (κ1) is 20.7. The van der Waals surface area contributed by atoms with Crippen LogP contribution in [0.4, 0.5) is 4.39 Å². The van der Waals surface area contributed by atoms with Crippen LogP contribution in [0.25, 0.3) is 5.69 Å². The van der Waals surface area contributed by atoms with Gasteiger partial charge in [-0.2, -0.15) is 5.10 Å². The molecule has 0 radical (unpaired) electrons. The normalized spacial score (nSPS) is 24.1. The Morgan fingerprint density at radius 2 is 2.20 bits per heavy atom. The van der Waals surface area contributed by atoms with E-state index >= 15 is 0 Å². The first-order valence-corrected chi connectivity index (χ1v) is 10.5. The lowest BCUT2D eigenvalue weighted by atomic mass is 10.0. The topological polar surface area (TPSA) is 92.2 Å². The third-order valence-electron chi connectivity index (χ3n) is 5.60. The van der Waals surface area contributed by atoms with Gasteiger partial charge in [0.2, 0.25) is 11.8 Å². The molecule has 1 aromatic heterocycles. The number of hydrogen-bond acceptors (Lipinski definition) is 5. The molecular formula is C20H24ClFN6O2. The average Bonchev–Trinajstić information content (AvgIpc) is 3.42. The summed E-state index contributed by atoms with van der Waals surface area (Å²) in [5.41, 5.74) is 1.47. The van der Waals surface area contributed by atoms with Crippen molar-refractivity contribution in [3.8, 4) is 5.69 Å². The first-order chi connectivity index (χ1) is 14.5. The molecule has 2 N–H and O–H groups in total. The maximum Gasteiger partial charge on any atom is 0.243 e. The van der Waals surface area contributed by atoms with Crippen LogP contribution in [0.1, 0.15) is 31.2 Å². The van der Waals surface area contributed by atoms with Gasteiger partial charge in [-0.1, -0.05) is 18.0 Å². The molecule has 2 aromatic rings. The molecule has 0 aliphatic carbocycles. The van der Waals surface area contributed by atoms with Crippen LogP contribution in [-0.4, -0.2) is 62.8 Å². The van der Waals surface area contributed by atoms with E-state index in [1.165, 1.54) is 11.2 Å². The van der Waals surface area contributed by atoms with Gasteiger partial charge >= 0.3 is 0 Å². The lowest BCUT2D eigenvalue weighted by Crippen LogP contribution is -2.53. The number of aromatic nitrogens is 3. The van der Waals surface area contributed by atoms with Crippen molar-refractivity contribution in [1.82, 2.24) is 30.3 Å². The molecule has 4 rings (SSSR count). The standard InChI is InChI=1S/C20H24ClFN6O2/c21-14-4-5-17(28-12-23-11-26-28)13(7-14)9-25-19(29)18-8-15(22)10-27(18)20(30)16-3-1-2-6-24-16/h4-5,7,11-12,15-16,18,24H,1-3,6,8-10H2,(H,25,29)/t15-,16-,18+/m1/s1. The van der Waals surface area contributed by atoms with Gasteiger partial charge in [-0.25, -0.2) is 14.1 Å². The summed E-state index contributed by atoms with van der Waals surface area (Å²) in [6.45, 7) is 0.891. The Labute approximate surface area is 178 Å². The summed E-state index contributed by atoms with van der Waals surface area (Å²) in [6, 6.07) is 4.10. The Hall–Kier alpha value is -2.52. The summed E-state index contributed by atoms with van der Waals surface area (Å²) < 4.78 is 15.7. The number of hydrogen-bond donors (Lipinski definition) is 2. The van der Waals surface area contributed by atoms with E-state index < -0.39 is 12.2 Å². The van der Waals surface area contributed by atoms with Crippen LogP contribution >= 0.6 is 11.6 Å². The molecule has 0 unspecified atom stereocenters. The first-order valence-electron chi connectivity index (χ1n) is 10.1. The summed E-state index contributed by atoms with van der Waals surface area (Å²) in [7, 11) is 0. The van der Waals surface area contributed by atoms with Crippen LogP contribution in [0.5, 0.6) is 0 Å². The fourth-order valence-electron chi connectivity index (χ4n) is 4.09. The van der Waals surface area contributed by atoms with Crippen LogP contribution in [-0.2, 0) is 16.1 Å². The van der Waals surface area contributed by atoms with E-state index in [1.54, 1.807) is 29.2 Å². The zero-order chi connectivity index (χ0) is 21.1. The van der Waals surface area contributed by atoms with Crippen LogP contribution < -0.4 is 10.6 Å². The number of alkyl halides is 1. The molecule has 3 atom stereocenters. The van der Waals surface area contributed by atoms with Crippen LogP contribution in [0.3, 0.4) is 0 Å². The minimum atomic E-state index is -1.20. The highest BCUT2D eigenvalue weighted by molar-refractivity contribution is 6.30. The van der Waals surface area contributed by atoms with Gasteiger partial charge in [0, 0.05) is 18.0 Å². The molecule has 2 saturated heterocycles. The van der Waals surface area contributed by atoms with Crippen molar-refractivity contribution in [3.63, 3.8) is 0 Å². The van der Waals surface area contributed by atoms with Gasteiger partial charge < -0.3 is 15.5 Å². The van der Waals surface area contributed by atoms with Crippen molar-refractivity contribution in [1.29, 1.82) is 0 Å². The Bertz CT molecular complexity index is 903. The molecule has 0 saturated carbocycles. The molecule has 2 amide bonds. The summed E-state index contributed by atoms with van der Waals surface area (Å²) in [5.74, 6) is -0.565. The fraction of sp³-hybridized carbons (Fsp3) is 0.500. The van der Waals surface area contributed by atoms with E-state index in [-0.39, 0.29) is 37.4 Å². The van der Waals surface area contributed by atoms with E-state index in [9.17, 15) is 14.0 Å². The zero-order valence-electron chi connectivity index (χ0n) is 16.4. The SMILES string of the molecule is O=C(NCc1cc(Cl)ccc1-n1cncn1)[C@@H]1C[C@@H](F)CN1C(=O)[C@H]1CCCCN1. The number of nitrogens with zero attached hydrogens (tertiary/aromatic N) is 4. The predicted octanol–water partition coefficient (Wildman–Crippen LogP) is 1.62. The molecule has 2 aliphatic heterocycles. The molecule has 30 heavy (non-hydrogen) atoms. The predicted molar refractivity (Wildman–Crippen MR) is 109 cm³/mol. The van der Waals surface area contributed by atoms with Gasteiger partial charge in [0.15, 0.2) is 0 Å². The second-order valence-electron chi connectivity index (χ2n) is 7.67. The number of likely N-dealkylation sites (tertiary alicyclic amines) is 1. The number of amides is 2. The number of halogens is 2. The van der Waals surface area contributed by atoms with E-state index in [2.05, 4.69) is 20.7 Å². The van der Waals surface area contributed by atoms with Gasteiger partial charge in [-0.05, 0) is 43.1 Å². The van der Waals surface area contributed by atoms with Crippen LogP contribution in [0, 0.1) is 0 Å².